The first-order valence-electron chi connectivity index (χ1n) is 6.71. The molecule has 0 aromatic heterocycles. The van der Waals surface area contributed by atoms with Crippen LogP contribution in [0.4, 0.5) is 13.2 Å². The predicted molar refractivity (Wildman–Crippen MR) is 68.2 cm³/mol. The molecule has 1 saturated heterocycles. The smallest absolute Gasteiger partial charge is 0.372 e. The standard InChI is InChI=1S/C12H22F3N3O2/c1-10(16)11(19)18-6-4-17(5-7-18)3-2-8-20-9-12(13,14)15/h10H,2-9,16H2,1H3/t10-/m0/s1. The Morgan fingerprint density at radius 1 is 1.30 bits per heavy atom. The van der Waals surface area contributed by atoms with E-state index >= 15 is 0 Å². The fourth-order valence-corrected chi connectivity index (χ4v) is 2.06. The van der Waals surface area contributed by atoms with Gasteiger partial charge in [-0.1, -0.05) is 0 Å². The second-order valence-corrected chi connectivity index (χ2v) is 4.98. The van der Waals surface area contributed by atoms with Crippen LogP contribution in [0.5, 0.6) is 0 Å². The van der Waals surface area contributed by atoms with E-state index < -0.39 is 18.8 Å². The predicted octanol–water partition coefficient (Wildman–Crippen LogP) is 0.447. The van der Waals surface area contributed by atoms with Gasteiger partial charge in [0.2, 0.25) is 5.91 Å². The van der Waals surface area contributed by atoms with Gasteiger partial charge in [-0.05, 0) is 13.3 Å². The van der Waals surface area contributed by atoms with Gasteiger partial charge in [0.25, 0.3) is 0 Å². The molecule has 5 nitrogen and oxygen atoms in total. The van der Waals surface area contributed by atoms with Crippen molar-refractivity contribution in [1.29, 1.82) is 0 Å². The van der Waals surface area contributed by atoms with Crippen molar-refractivity contribution in [3.8, 4) is 0 Å². The lowest BCUT2D eigenvalue weighted by Crippen LogP contribution is -2.52. The van der Waals surface area contributed by atoms with Crippen LogP contribution in [0.1, 0.15) is 13.3 Å². The van der Waals surface area contributed by atoms with Gasteiger partial charge in [0.1, 0.15) is 6.61 Å². The highest BCUT2D eigenvalue weighted by atomic mass is 19.4. The van der Waals surface area contributed by atoms with Gasteiger partial charge in [0.15, 0.2) is 0 Å². The van der Waals surface area contributed by atoms with Crippen molar-refractivity contribution in [1.82, 2.24) is 9.80 Å². The number of amides is 1. The molecule has 0 bridgehead atoms. The molecule has 118 valence electrons. The van der Waals surface area contributed by atoms with E-state index in [2.05, 4.69) is 9.64 Å². The Labute approximate surface area is 116 Å². The molecule has 1 amide bonds. The van der Waals surface area contributed by atoms with Crippen LogP contribution in [0, 0.1) is 0 Å². The summed E-state index contributed by atoms with van der Waals surface area (Å²) in [5.41, 5.74) is 5.54. The Kier molecular flexibility index (Phi) is 6.70. The number of rotatable bonds is 6. The van der Waals surface area contributed by atoms with E-state index in [0.717, 1.165) is 13.1 Å². The van der Waals surface area contributed by atoms with Crippen molar-refractivity contribution in [2.24, 2.45) is 5.73 Å². The topological polar surface area (TPSA) is 58.8 Å². The van der Waals surface area contributed by atoms with E-state index in [0.29, 0.717) is 26.1 Å². The molecule has 20 heavy (non-hydrogen) atoms. The first-order valence-corrected chi connectivity index (χ1v) is 6.71. The molecule has 0 aliphatic carbocycles. The Hall–Kier alpha value is -0.860. The number of nitrogens with two attached hydrogens (primary N) is 1. The van der Waals surface area contributed by atoms with Crippen molar-refractivity contribution in [2.75, 3.05) is 45.9 Å². The zero-order valence-corrected chi connectivity index (χ0v) is 11.7. The molecule has 0 unspecified atom stereocenters. The Bertz CT molecular complexity index is 303. The summed E-state index contributed by atoms with van der Waals surface area (Å²) in [7, 11) is 0. The summed E-state index contributed by atoms with van der Waals surface area (Å²) in [6.07, 6.45) is -3.71. The molecule has 0 spiro atoms. The van der Waals surface area contributed by atoms with Gasteiger partial charge in [-0.2, -0.15) is 13.2 Å². The molecule has 1 atom stereocenters. The molecule has 1 aliphatic rings. The largest absolute Gasteiger partial charge is 0.411 e. The summed E-state index contributed by atoms with van der Waals surface area (Å²) in [4.78, 5) is 15.5. The molecule has 0 saturated carbocycles. The average molecular weight is 297 g/mol. The molecule has 2 N–H and O–H groups in total. The highest BCUT2D eigenvalue weighted by molar-refractivity contribution is 5.81. The lowest BCUT2D eigenvalue weighted by molar-refractivity contribution is -0.174. The van der Waals surface area contributed by atoms with Crippen molar-refractivity contribution in [2.45, 2.75) is 25.6 Å². The summed E-state index contributed by atoms with van der Waals surface area (Å²) in [5, 5.41) is 0. The Morgan fingerprint density at radius 2 is 1.90 bits per heavy atom. The Balaban J connectivity index is 2.10. The van der Waals surface area contributed by atoms with Crippen molar-refractivity contribution < 1.29 is 22.7 Å². The average Bonchev–Trinajstić information content (AvgIpc) is 2.37. The molecule has 0 aromatic rings. The maximum atomic E-state index is 11.8. The normalized spacial score (nSPS) is 19.1. The third-order valence-corrected chi connectivity index (χ3v) is 3.10. The number of hydrogen-bond donors (Lipinski definition) is 1. The van der Waals surface area contributed by atoms with Crippen LogP contribution in [0.15, 0.2) is 0 Å². The number of nitrogens with zero attached hydrogens (tertiary/aromatic N) is 2. The van der Waals surface area contributed by atoms with E-state index in [-0.39, 0.29) is 12.5 Å². The summed E-state index contributed by atoms with van der Waals surface area (Å²) in [6.45, 7) is 3.91. The van der Waals surface area contributed by atoms with Gasteiger partial charge >= 0.3 is 6.18 Å². The van der Waals surface area contributed by atoms with Crippen LogP contribution >= 0.6 is 0 Å². The van der Waals surface area contributed by atoms with Gasteiger partial charge in [0, 0.05) is 39.3 Å². The molecule has 1 fully saturated rings. The number of hydrogen-bond acceptors (Lipinski definition) is 4. The third-order valence-electron chi connectivity index (χ3n) is 3.10. The fraction of sp³-hybridized carbons (Fsp3) is 0.917. The second kappa shape index (κ2) is 7.80. The van der Waals surface area contributed by atoms with Gasteiger partial charge in [0.05, 0.1) is 6.04 Å². The van der Waals surface area contributed by atoms with E-state index in [4.69, 9.17) is 5.73 Å². The maximum Gasteiger partial charge on any atom is 0.411 e. The highest BCUT2D eigenvalue weighted by Gasteiger charge is 2.27. The zero-order valence-electron chi connectivity index (χ0n) is 11.7. The van der Waals surface area contributed by atoms with Crippen molar-refractivity contribution in [3.05, 3.63) is 0 Å². The zero-order chi connectivity index (χ0) is 15.2. The molecule has 8 heteroatoms. The lowest BCUT2D eigenvalue weighted by atomic mass is 10.2. The summed E-state index contributed by atoms with van der Waals surface area (Å²) < 4.78 is 40.1. The van der Waals surface area contributed by atoms with E-state index in [1.807, 2.05) is 0 Å². The number of halogens is 3. The first kappa shape index (κ1) is 17.2. The number of carbonyl (C=O) groups is 1. The molecule has 1 aliphatic heterocycles. The minimum Gasteiger partial charge on any atom is -0.372 e. The number of alkyl halides is 3. The van der Waals surface area contributed by atoms with Crippen LogP contribution in [0.2, 0.25) is 0 Å². The summed E-state index contributed by atoms with van der Waals surface area (Å²) in [6, 6.07) is -0.489. The molecule has 0 radical (unpaired) electrons. The molecule has 1 rings (SSSR count). The summed E-state index contributed by atoms with van der Waals surface area (Å²) >= 11 is 0. The number of ether oxygens (including phenoxy) is 1. The molecular formula is C12H22F3N3O2. The Morgan fingerprint density at radius 3 is 2.40 bits per heavy atom. The third kappa shape index (κ3) is 6.53. The maximum absolute atomic E-state index is 11.8. The van der Waals surface area contributed by atoms with Gasteiger partial charge < -0.3 is 15.4 Å². The minimum atomic E-state index is -4.26. The van der Waals surface area contributed by atoms with Crippen LogP contribution in [-0.2, 0) is 9.53 Å². The van der Waals surface area contributed by atoms with Gasteiger partial charge in [-0.25, -0.2) is 0 Å². The molecular weight excluding hydrogens is 275 g/mol. The summed E-state index contributed by atoms with van der Waals surface area (Å²) in [5.74, 6) is -0.0573. The van der Waals surface area contributed by atoms with E-state index in [9.17, 15) is 18.0 Å². The van der Waals surface area contributed by atoms with Crippen molar-refractivity contribution >= 4 is 5.91 Å². The van der Waals surface area contributed by atoms with Crippen LogP contribution in [0.3, 0.4) is 0 Å². The van der Waals surface area contributed by atoms with Gasteiger partial charge in [-0.3, -0.25) is 9.69 Å². The van der Waals surface area contributed by atoms with Crippen LogP contribution in [0.25, 0.3) is 0 Å². The number of piperazine rings is 1. The molecule has 0 aromatic carbocycles. The quantitative estimate of drug-likeness (QED) is 0.723. The van der Waals surface area contributed by atoms with Crippen molar-refractivity contribution in [3.63, 3.8) is 0 Å². The minimum absolute atomic E-state index is 0.0573. The number of carbonyl (C=O) groups excluding carboxylic acids is 1. The fourth-order valence-electron chi connectivity index (χ4n) is 2.06. The first-order chi connectivity index (χ1) is 9.29. The molecule has 1 heterocycles. The lowest BCUT2D eigenvalue weighted by Gasteiger charge is -2.35. The van der Waals surface area contributed by atoms with E-state index in [1.165, 1.54) is 0 Å². The SMILES string of the molecule is C[C@H](N)C(=O)N1CCN(CCCOCC(F)(F)F)CC1. The van der Waals surface area contributed by atoms with Crippen LogP contribution in [-0.4, -0.2) is 73.9 Å². The van der Waals surface area contributed by atoms with E-state index in [1.54, 1.807) is 11.8 Å². The second-order valence-electron chi connectivity index (χ2n) is 4.98. The van der Waals surface area contributed by atoms with Gasteiger partial charge in [-0.15, -0.1) is 0 Å². The highest BCUT2D eigenvalue weighted by Crippen LogP contribution is 2.14. The monoisotopic (exact) mass is 297 g/mol. The van der Waals surface area contributed by atoms with Crippen LogP contribution < -0.4 is 5.73 Å².